The van der Waals surface area contributed by atoms with E-state index in [2.05, 4.69) is 0 Å². The van der Waals surface area contributed by atoms with Crippen LogP contribution in [-0.4, -0.2) is 35.6 Å². The molecular formula is C10H13F3GeO3. The topological polar surface area (TPSA) is 27.7 Å². The van der Waals surface area contributed by atoms with Crippen LogP contribution < -0.4 is 4.40 Å². The first kappa shape index (κ1) is 14.5. The molecule has 0 N–H and O–H groups in total. The summed E-state index contributed by atoms with van der Waals surface area (Å²) in [6.07, 6.45) is -4.39. The van der Waals surface area contributed by atoms with Crippen molar-refractivity contribution in [2.24, 2.45) is 0 Å². The minimum absolute atomic E-state index is 0.326. The molecule has 0 fully saturated rings. The molecule has 0 unspecified atom stereocenters. The zero-order valence-corrected chi connectivity index (χ0v) is 11.8. The van der Waals surface area contributed by atoms with Crippen LogP contribution in [0.15, 0.2) is 24.3 Å². The van der Waals surface area contributed by atoms with Crippen LogP contribution in [0.1, 0.15) is 5.56 Å². The van der Waals surface area contributed by atoms with Crippen LogP contribution in [0.2, 0.25) is 0 Å². The van der Waals surface area contributed by atoms with Crippen LogP contribution in [0.4, 0.5) is 13.2 Å². The van der Waals surface area contributed by atoms with E-state index in [-0.39, 0.29) is 0 Å². The molecule has 0 saturated carbocycles. The summed E-state index contributed by atoms with van der Waals surface area (Å²) in [5.41, 5.74) is -0.740. The van der Waals surface area contributed by atoms with Crippen LogP contribution >= 0.6 is 0 Å². The standard InChI is InChI=1S/C10H13F3GeO3/c1-15-14(16-2,17-3)9-6-4-5-8(7-9)10(11,12)13/h4-7H,1-3H3. The van der Waals surface area contributed by atoms with Gasteiger partial charge in [0, 0.05) is 0 Å². The maximum absolute atomic E-state index is 12.6. The van der Waals surface area contributed by atoms with Gasteiger partial charge in [0.05, 0.1) is 0 Å². The zero-order valence-electron chi connectivity index (χ0n) is 9.67. The van der Waals surface area contributed by atoms with Crippen molar-refractivity contribution in [1.82, 2.24) is 0 Å². The van der Waals surface area contributed by atoms with Gasteiger partial charge in [0.25, 0.3) is 0 Å². The van der Waals surface area contributed by atoms with Gasteiger partial charge in [0.2, 0.25) is 0 Å². The molecule has 96 valence electrons. The van der Waals surface area contributed by atoms with E-state index >= 15 is 0 Å². The van der Waals surface area contributed by atoms with E-state index in [9.17, 15) is 13.2 Å². The fourth-order valence-electron chi connectivity index (χ4n) is 1.49. The van der Waals surface area contributed by atoms with E-state index in [0.29, 0.717) is 4.40 Å². The van der Waals surface area contributed by atoms with Crippen LogP contribution in [0.5, 0.6) is 0 Å². The van der Waals surface area contributed by atoms with Crippen LogP contribution in [-0.2, 0) is 17.5 Å². The molecule has 0 bridgehead atoms. The first-order chi connectivity index (χ1) is 7.89. The third-order valence-electron chi connectivity index (χ3n) is 2.35. The van der Waals surface area contributed by atoms with Crippen molar-refractivity contribution in [2.45, 2.75) is 6.18 Å². The van der Waals surface area contributed by atoms with E-state index in [4.69, 9.17) is 11.3 Å². The van der Waals surface area contributed by atoms with E-state index in [1.54, 1.807) is 0 Å². The van der Waals surface area contributed by atoms with Gasteiger partial charge >= 0.3 is 100 Å². The van der Waals surface area contributed by atoms with E-state index < -0.39 is 26.0 Å². The molecule has 0 aliphatic heterocycles. The molecule has 0 aromatic heterocycles. The van der Waals surface area contributed by atoms with Crippen LogP contribution in [0.25, 0.3) is 0 Å². The number of rotatable bonds is 4. The van der Waals surface area contributed by atoms with Crippen molar-refractivity contribution in [1.29, 1.82) is 0 Å². The summed E-state index contributed by atoms with van der Waals surface area (Å²) < 4.78 is 53.5. The second-order valence-electron chi connectivity index (χ2n) is 3.25. The zero-order chi connectivity index (χ0) is 13.1. The Labute approximate surface area is 101 Å². The summed E-state index contributed by atoms with van der Waals surface area (Å²) in [6, 6.07) is 4.84. The monoisotopic (exact) mass is 312 g/mol. The Hall–Kier alpha value is -0.567. The van der Waals surface area contributed by atoms with Crippen molar-refractivity contribution in [2.75, 3.05) is 21.3 Å². The number of halogens is 3. The predicted molar refractivity (Wildman–Crippen MR) is 57.9 cm³/mol. The van der Waals surface area contributed by atoms with Gasteiger partial charge in [0.1, 0.15) is 0 Å². The van der Waals surface area contributed by atoms with E-state index in [1.165, 1.54) is 33.5 Å². The summed E-state index contributed by atoms with van der Waals surface area (Å²) in [5, 5.41) is 0. The van der Waals surface area contributed by atoms with E-state index in [0.717, 1.165) is 12.1 Å². The molecule has 0 radical (unpaired) electrons. The van der Waals surface area contributed by atoms with Crippen molar-refractivity contribution in [3.8, 4) is 0 Å². The third kappa shape index (κ3) is 3.01. The summed E-state index contributed by atoms with van der Waals surface area (Å²) in [4.78, 5) is 0. The molecule has 0 heterocycles. The Morgan fingerprint density at radius 1 is 1.00 bits per heavy atom. The Bertz CT molecular complexity index is 369. The van der Waals surface area contributed by atoms with Crippen molar-refractivity contribution in [3.63, 3.8) is 0 Å². The second kappa shape index (κ2) is 5.39. The van der Waals surface area contributed by atoms with Gasteiger partial charge in [0.15, 0.2) is 0 Å². The molecule has 1 aromatic carbocycles. The van der Waals surface area contributed by atoms with Crippen LogP contribution in [0, 0.1) is 0 Å². The summed E-state index contributed by atoms with van der Waals surface area (Å²) >= 11 is -3.76. The predicted octanol–water partition coefficient (Wildman–Crippen LogP) is 1.79. The van der Waals surface area contributed by atoms with Gasteiger partial charge in [-0.1, -0.05) is 0 Å². The molecule has 7 heteroatoms. The number of hydrogen-bond donors (Lipinski definition) is 0. The molecule has 0 aliphatic rings. The fourth-order valence-corrected chi connectivity index (χ4v) is 5.35. The Morgan fingerprint density at radius 3 is 1.94 bits per heavy atom. The Kier molecular flexibility index (Phi) is 4.59. The third-order valence-corrected chi connectivity index (χ3v) is 7.87. The first-order valence-electron chi connectivity index (χ1n) is 4.73. The van der Waals surface area contributed by atoms with Gasteiger partial charge in [-0.15, -0.1) is 0 Å². The van der Waals surface area contributed by atoms with Gasteiger partial charge in [-0.3, -0.25) is 0 Å². The molecule has 1 aromatic rings. The molecule has 0 spiro atoms. The SMILES string of the molecule is C[O][Ge]([O]C)([O]C)[c]1cccc(C(F)(F)F)c1. The maximum atomic E-state index is 12.6. The average molecular weight is 311 g/mol. The van der Waals surface area contributed by atoms with E-state index in [1.807, 2.05) is 0 Å². The van der Waals surface area contributed by atoms with Gasteiger partial charge in [-0.2, -0.15) is 0 Å². The molecule has 17 heavy (non-hydrogen) atoms. The summed E-state index contributed by atoms with van der Waals surface area (Å²) in [5.74, 6) is 0. The molecule has 0 saturated heterocycles. The summed E-state index contributed by atoms with van der Waals surface area (Å²) in [7, 11) is 4.10. The quantitative estimate of drug-likeness (QED) is 0.794. The molecular weight excluding hydrogens is 298 g/mol. The average Bonchev–Trinajstić information content (AvgIpc) is 2.31. The van der Waals surface area contributed by atoms with Gasteiger partial charge in [-0.25, -0.2) is 0 Å². The Morgan fingerprint density at radius 2 is 1.53 bits per heavy atom. The first-order valence-corrected chi connectivity index (χ1v) is 8.34. The van der Waals surface area contributed by atoms with Crippen molar-refractivity contribution < 1.29 is 24.5 Å². The van der Waals surface area contributed by atoms with Crippen molar-refractivity contribution in [3.05, 3.63) is 29.8 Å². The fraction of sp³-hybridized carbons (Fsp3) is 0.400. The normalized spacial score (nSPS) is 12.8. The number of alkyl halides is 3. The van der Waals surface area contributed by atoms with Crippen LogP contribution in [0.3, 0.4) is 0 Å². The summed E-state index contributed by atoms with van der Waals surface area (Å²) in [6.45, 7) is 0. The number of hydrogen-bond acceptors (Lipinski definition) is 3. The molecule has 0 atom stereocenters. The molecule has 1 rings (SSSR count). The number of benzene rings is 1. The molecule has 0 aliphatic carbocycles. The second-order valence-corrected chi connectivity index (χ2v) is 9.36. The Balaban J connectivity index is 3.23. The minimum atomic E-state index is -4.39. The molecule has 3 nitrogen and oxygen atoms in total. The molecule has 0 amide bonds. The van der Waals surface area contributed by atoms with Gasteiger partial charge in [-0.05, 0) is 0 Å². The van der Waals surface area contributed by atoms with Gasteiger partial charge < -0.3 is 0 Å². The van der Waals surface area contributed by atoms with Crippen molar-refractivity contribution >= 4 is 18.7 Å².